The van der Waals surface area contributed by atoms with Gasteiger partial charge in [-0.15, -0.1) is 0 Å². The Balaban J connectivity index is 1.32. The molecule has 0 spiro atoms. The molecule has 1 saturated heterocycles. The maximum Gasteiger partial charge on any atom is 0.230 e. The second kappa shape index (κ2) is 8.35. The van der Waals surface area contributed by atoms with Gasteiger partial charge in [-0.1, -0.05) is 35.5 Å². The number of ether oxygens (including phenoxy) is 1. The molecule has 144 valence electrons. The average Bonchev–Trinajstić information content (AvgIpc) is 3.25. The van der Waals surface area contributed by atoms with Gasteiger partial charge in [-0.25, -0.2) is 0 Å². The lowest BCUT2D eigenvalue weighted by molar-refractivity contribution is 0.0904. The second-order valence-electron chi connectivity index (χ2n) is 7.02. The van der Waals surface area contributed by atoms with E-state index in [-0.39, 0.29) is 11.7 Å². The number of rotatable bonds is 6. The van der Waals surface area contributed by atoms with Crippen molar-refractivity contribution >= 4 is 5.78 Å². The summed E-state index contributed by atoms with van der Waals surface area (Å²) in [6.07, 6.45) is 1.82. The van der Waals surface area contributed by atoms with Crippen LogP contribution in [0.15, 0.2) is 59.1 Å². The first-order chi connectivity index (χ1) is 13.7. The van der Waals surface area contributed by atoms with Gasteiger partial charge in [0.25, 0.3) is 0 Å². The molecule has 0 aliphatic carbocycles. The minimum Gasteiger partial charge on any atom is -0.497 e. The normalized spacial score (nSPS) is 15.5. The molecule has 0 saturated carbocycles. The van der Waals surface area contributed by atoms with Crippen LogP contribution in [-0.4, -0.2) is 47.6 Å². The van der Waals surface area contributed by atoms with E-state index in [1.54, 1.807) is 7.11 Å². The summed E-state index contributed by atoms with van der Waals surface area (Å²) in [6.45, 7) is 2.11. The molecule has 0 atom stereocenters. The molecule has 4 rings (SSSR count). The number of hydrogen-bond acceptors (Lipinski definition) is 6. The molecule has 0 amide bonds. The number of carbonyl (C=O) groups is 1. The minimum absolute atomic E-state index is 0.130. The Bertz CT molecular complexity index is 914. The van der Waals surface area contributed by atoms with Crippen molar-refractivity contribution in [3.63, 3.8) is 0 Å². The van der Waals surface area contributed by atoms with Crippen molar-refractivity contribution in [2.45, 2.75) is 18.8 Å². The van der Waals surface area contributed by atoms with Crippen molar-refractivity contribution in [1.82, 2.24) is 15.0 Å². The van der Waals surface area contributed by atoms with Crippen molar-refractivity contribution in [2.75, 3.05) is 26.7 Å². The number of methoxy groups -OCH3 is 1. The van der Waals surface area contributed by atoms with Gasteiger partial charge in [-0.05, 0) is 50.2 Å². The zero-order valence-electron chi connectivity index (χ0n) is 15.9. The Morgan fingerprint density at radius 2 is 1.82 bits per heavy atom. The molecule has 0 unspecified atom stereocenters. The summed E-state index contributed by atoms with van der Waals surface area (Å²) in [4.78, 5) is 19.3. The van der Waals surface area contributed by atoms with Crippen molar-refractivity contribution < 1.29 is 14.1 Å². The molecule has 0 radical (unpaired) electrons. The van der Waals surface area contributed by atoms with Crippen molar-refractivity contribution in [1.29, 1.82) is 0 Å². The first-order valence-electron chi connectivity index (χ1n) is 9.51. The Kier molecular flexibility index (Phi) is 5.48. The summed E-state index contributed by atoms with van der Waals surface area (Å²) in [7, 11) is 1.62. The van der Waals surface area contributed by atoms with Gasteiger partial charge < -0.3 is 9.26 Å². The monoisotopic (exact) mass is 377 g/mol. The molecular weight excluding hydrogens is 354 g/mol. The predicted molar refractivity (Wildman–Crippen MR) is 105 cm³/mol. The number of benzene rings is 2. The number of ketones is 1. The molecule has 3 aromatic rings. The Morgan fingerprint density at radius 1 is 1.11 bits per heavy atom. The van der Waals surface area contributed by atoms with Crippen molar-refractivity contribution in [3.8, 4) is 17.1 Å². The third-order valence-electron chi connectivity index (χ3n) is 5.19. The van der Waals surface area contributed by atoms with E-state index >= 15 is 0 Å². The number of Topliss-reactive ketones (excluding diaryl/α,β-unsaturated/α-hetero) is 1. The van der Waals surface area contributed by atoms with Crippen molar-refractivity contribution in [2.24, 2.45) is 0 Å². The predicted octanol–water partition coefficient (Wildman–Crippen LogP) is 3.81. The average molecular weight is 377 g/mol. The van der Waals surface area contributed by atoms with Crippen LogP contribution in [0, 0.1) is 0 Å². The van der Waals surface area contributed by atoms with Gasteiger partial charge in [-0.3, -0.25) is 9.69 Å². The molecule has 1 aromatic heterocycles. The molecule has 0 bridgehead atoms. The van der Waals surface area contributed by atoms with Crippen LogP contribution in [0.4, 0.5) is 0 Å². The van der Waals surface area contributed by atoms with Crippen LogP contribution in [0.1, 0.15) is 35.0 Å². The van der Waals surface area contributed by atoms with Gasteiger partial charge in [0.15, 0.2) is 5.78 Å². The fourth-order valence-corrected chi connectivity index (χ4v) is 3.51. The van der Waals surface area contributed by atoms with E-state index < -0.39 is 0 Å². The number of aromatic nitrogens is 2. The number of piperidine rings is 1. The molecular formula is C22H23N3O3. The summed E-state index contributed by atoms with van der Waals surface area (Å²) >= 11 is 0. The molecule has 28 heavy (non-hydrogen) atoms. The smallest absolute Gasteiger partial charge is 0.230 e. The SMILES string of the molecule is COc1ccc(C(=O)CN2CCC(c3nc(-c4ccccc4)no3)CC2)cc1. The number of likely N-dealkylation sites (tertiary alicyclic amines) is 1. The Hall–Kier alpha value is -2.99. The highest BCUT2D eigenvalue weighted by molar-refractivity contribution is 5.97. The molecule has 0 N–H and O–H groups in total. The van der Waals surface area contributed by atoms with Crippen LogP contribution < -0.4 is 4.74 Å². The molecule has 6 nitrogen and oxygen atoms in total. The zero-order chi connectivity index (χ0) is 19.3. The fourth-order valence-electron chi connectivity index (χ4n) is 3.51. The third-order valence-corrected chi connectivity index (χ3v) is 5.19. The topological polar surface area (TPSA) is 68.5 Å². The summed E-state index contributed by atoms with van der Waals surface area (Å²) in [5.41, 5.74) is 1.67. The van der Waals surface area contributed by atoms with E-state index in [9.17, 15) is 4.79 Å². The maximum atomic E-state index is 12.5. The molecule has 1 aliphatic rings. The van der Waals surface area contributed by atoms with E-state index in [0.717, 1.165) is 37.2 Å². The fraction of sp³-hybridized carbons (Fsp3) is 0.318. The van der Waals surface area contributed by atoms with E-state index in [1.165, 1.54) is 0 Å². The molecule has 6 heteroatoms. The Labute approximate surface area is 164 Å². The summed E-state index contributed by atoms with van der Waals surface area (Å²) in [5.74, 6) is 2.46. The van der Waals surface area contributed by atoms with Gasteiger partial charge in [0.2, 0.25) is 11.7 Å². The van der Waals surface area contributed by atoms with E-state index in [1.807, 2.05) is 54.6 Å². The van der Waals surface area contributed by atoms with Crippen LogP contribution in [0.5, 0.6) is 5.75 Å². The lowest BCUT2D eigenvalue weighted by atomic mass is 9.96. The molecule has 2 aromatic carbocycles. The highest BCUT2D eigenvalue weighted by Gasteiger charge is 2.26. The van der Waals surface area contributed by atoms with E-state index in [0.29, 0.717) is 23.8 Å². The van der Waals surface area contributed by atoms with Crippen LogP contribution >= 0.6 is 0 Å². The summed E-state index contributed by atoms with van der Waals surface area (Å²) in [6, 6.07) is 17.1. The molecule has 1 fully saturated rings. The lowest BCUT2D eigenvalue weighted by Gasteiger charge is -2.29. The molecule has 1 aliphatic heterocycles. The number of hydrogen-bond donors (Lipinski definition) is 0. The maximum absolute atomic E-state index is 12.5. The van der Waals surface area contributed by atoms with Crippen LogP contribution in [0.3, 0.4) is 0 Å². The van der Waals surface area contributed by atoms with Gasteiger partial charge >= 0.3 is 0 Å². The van der Waals surface area contributed by atoms with Crippen LogP contribution in [0.25, 0.3) is 11.4 Å². The zero-order valence-corrected chi connectivity index (χ0v) is 15.9. The first kappa shape index (κ1) is 18.4. The quantitative estimate of drug-likeness (QED) is 0.609. The van der Waals surface area contributed by atoms with Gasteiger partial charge in [0.05, 0.1) is 13.7 Å². The van der Waals surface area contributed by atoms with Crippen LogP contribution in [0.2, 0.25) is 0 Å². The highest BCUT2D eigenvalue weighted by atomic mass is 16.5. The summed E-state index contributed by atoms with van der Waals surface area (Å²) in [5, 5.41) is 4.12. The highest BCUT2D eigenvalue weighted by Crippen LogP contribution is 2.28. The minimum atomic E-state index is 0.130. The standard InChI is InChI=1S/C22H23N3O3/c1-27-19-9-7-16(8-10-19)20(26)15-25-13-11-18(12-14-25)22-23-21(24-28-22)17-5-3-2-4-6-17/h2-10,18H,11-15H2,1H3. The number of nitrogens with zero attached hydrogens (tertiary/aromatic N) is 3. The van der Waals surface area contributed by atoms with E-state index in [4.69, 9.17) is 9.26 Å². The van der Waals surface area contributed by atoms with E-state index in [2.05, 4.69) is 15.0 Å². The van der Waals surface area contributed by atoms with Gasteiger partial charge in [0.1, 0.15) is 5.75 Å². The van der Waals surface area contributed by atoms with Crippen LogP contribution in [-0.2, 0) is 0 Å². The lowest BCUT2D eigenvalue weighted by Crippen LogP contribution is -2.36. The second-order valence-corrected chi connectivity index (χ2v) is 7.02. The van der Waals surface area contributed by atoms with Gasteiger partial charge in [0, 0.05) is 17.0 Å². The summed E-state index contributed by atoms with van der Waals surface area (Å²) < 4.78 is 10.6. The van der Waals surface area contributed by atoms with Gasteiger partial charge in [-0.2, -0.15) is 4.98 Å². The molecule has 2 heterocycles. The van der Waals surface area contributed by atoms with Crippen molar-refractivity contribution in [3.05, 3.63) is 66.1 Å². The largest absolute Gasteiger partial charge is 0.497 e. The number of carbonyl (C=O) groups excluding carboxylic acids is 1. The third kappa shape index (κ3) is 4.12. The first-order valence-corrected chi connectivity index (χ1v) is 9.51. The Morgan fingerprint density at radius 3 is 2.50 bits per heavy atom.